The molecule has 9 aromatic rings. The second-order valence-corrected chi connectivity index (χ2v) is 40.0. The Balaban J connectivity index is 0.000000132. The lowest BCUT2D eigenvalue weighted by molar-refractivity contribution is -0.128. The predicted molar refractivity (Wildman–Crippen MR) is 533 cm³/mol. The van der Waals surface area contributed by atoms with Crippen molar-refractivity contribution in [1.82, 2.24) is 60.0 Å². The summed E-state index contributed by atoms with van der Waals surface area (Å²) >= 11 is 0. The van der Waals surface area contributed by atoms with Gasteiger partial charge in [0.1, 0.15) is 5.60 Å². The number of halogens is 1. The van der Waals surface area contributed by atoms with Gasteiger partial charge in [0.2, 0.25) is 28.7 Å². The van der Waals surface area contributed by atoms with Crippen LogP contribution >= 0.6 is 12.4 Å². The number of carbonyl (C=O) groups excluding carboxylic acids is 6. The number of rotatable bonds is 8. The van der Waals surface area contributed by atoms with Crippen molar-refractivity contribution in [3.63, 3.8) is 0 Å². The minimum absolute atomic E-state index is 0. The smallest absolute Gasteiger partial charge is 0.410 e. The monoisotopic (exact) mass is 1840 g/mol. The van der Waals surface area contributed by atoms with Gasteiger partial charge in [-0.25, -0.2) is 64.0 Å². The second kappa shape index (κ2) is 38.7. The summed E-state index contributed by atoms with van der Waals surface area (Å²) < 4.78 is 5.63. The van der Waals surface area contributed by atoms with E-state index in [1.807, 2.05) is 151 Å². The lowest BCUT2D eigenvalue weighted by Crippen LogP contribution is -2.46. The van der Waals surface area contributed by atoms with Gasteiger partial charge in [-0.15, -0.1) is 12.4 Å². The van der Waals surface area contributed by atoms with Crippen molar-refractivity contribution in [1.29, 1.82) is 0 Å². The normalized spacial score (nSPS) is 25.3. The third kappa shape index (κ3) is 18.2. The average molecular weight is 1840 g/mol. The van der Waals surface area contributed by atoms with Crippen LogP contribution in [-0.2, 0) is 76.1 Å². The van der Waals surface area contributed by atoms with Crippen LogP contribution in [-0.4, -0.2) is 135 Å². The molecule has 0 unspecified atom stereocenters. The zero-order valence-electron chi connectivity index (χ0n) is 80.4. The molecule has 137 heavy (non-hydrogen) atoms. The van der Waals surface area contributed by atoms with E-state index in [1.54, 1.807) is 18.0 Å². The second-order valence-electron chi connectivity index (χ2n) is 40.0. The Hall–Kier alpha value is -13.8. The molecule has 11 aliphatic rings. The Morgan fingerprint density at radius 3 is 1.09 bits per heavy atom. The standard InChI is InChI=1S/C31H34N4O3.C28H28N4O2.C28H26N4O.C26H26N4O.ClH/c1-19-23-15-14-22-25(20-11-8-7-9-12-20)33-28(34-27(22)31(23,5)17-24(32-6)26(19)36)21-13-10-16-35(18-21)29(37)38-30(2,3)4;1-17-22-13-12-21-24(19-9-6-5-7-10-19)30-27(20-11-8-14-32(16-20)18(2)33)31-26(21)28(22,3)15-23(29-4)25(17)34;1-16-6-8-19(9-7-16)24-21-10-11-22-18(3)25(33)23(29-5)15-28(22,4)26(21)32-27(31-24)20-12-13-30-17(2)14-20;1-16-20-12-11-19-22(17-8-5-4-6-9-17)29-25(18-10-7-13-28-15-18)30-24(19)26(20,2)14-21(27-3)23(16)31;/h7-9,11-13,17,19,23H,10,14-16,18H2,1-5H3;5-7,9-11,15,17,22H,8,12-14,16H2,1-3H3;6-9,12-15,18,22H,10-11H2,1-4H3;4-6,8-10,14,16,20,28H,7,11-13,15H2,1-2H3;1H/t19-,23-,31-;17-,22-,28-;18-,22-,28-;16-,20-,26-;/m1111./s1. The molecule has 12 atom stereocenters. The van der Waals surface area contributed by atoms with E-state index >= 15 is 0 Å². The molecule has 2 amide bonds. The minimum atomic E-state index is -0.577. The van der Waals surface area contributed by atoms with Crippen molar-refractivity contribution in [2.24, 2.45) is 47.3 Å². The number of hydrogen-bond donors (Lipinski definition) is 1. The highest BCUT2D eigenvalue weighted by Crippen LogP contribution is 2.57. The van der Waals surface area contributed by atoms with Crippen molar-refractivity contribution < 1.29 is 33.5 Å². The molecule has 0 bridgehead atoms. The zero-order valence-corrected chi connectivity index (χ0v) is 81.2. The van der Waals surface area contributed by atoms with Crippen molar-refractivity contribution in [2.45, 2.75) is 195 Å². The SMILES string of the molecule is Cl.[C-]#[N+]C1=C[C@@]2(C)c3nc(-c4ccnc(C)c4)nc(-c4ccc(C)cc4)c3CC[C@@H]2[C@@H](C)C1=O.[C-]#[N+]C1=C[C@@]2(C)c3nc(C4=CCCN(C(=O)OC(C)(C)C)C4)nc(-c4ccccc4)c3CC[C@@H]2[C@@H](C)C1=O.[C-]#[N+]C1=C[C@@]2(C)c3nc(C4=CCCN(C(C)=O)C4)nc(-c4ccccc4)c3CC[C@@H]2[C@@H](C)C1=O.[C-]#[N+]C1=C[C@@]2(C)c3nc(C4=CCCNC4)nc(-c4ccccc4)c3CC[C@@H]2[C@@H](C)C1=O. The number of ketones is 4. The molecule has 0 saturated carbocycles. The zero-order chi connectivity index (χ0) is 96.2. The number of allylic oxidation sites excluding steroid dienone is 8. The number of ether oxygens (including phenoxy) is 1. The first kappa shape index (κ1) is 96.3. The number of aryl methyl sites for hydroxylation is 2. The quantitative estimate of drug-likeness (QED) is 0.139. The fourth-order valence-electron chi connectivity index (χ4n) is 23.1. The van der Waals surface area contributed by atoms with E-state index in [4.69, 9.17) is 70.9 Å². The van der Waals surface area contributed by atoms with Gasteiger partial charge in [0.25, 0.3) is 0 Å². The fourth-order valence-corrected chi connectivity index (χ4v) is 23.1. The maximum absolute atomic E-state index is 12.9. The van der Waals surface area contributed by atoms with E-state index < -0.39 is 27.3 Å². The van der Waals surface area contributed by atoms with Gasteiger partial charge in [-0.3, -0.25) is 9.78 Å². The van der Waals surface area contributed by atoms with Gasteiger partial charge < -0.3 is 39.0 Å². The number of amides is 2. The number of aromatic nitrogens is 9. The number of Topliss-reactive ketones (excluding diaryl/α,β-unsaturated/α-hetero) is 4. The Bertz CT molecular complexity index is 6820. The Labute approximate surface area is 809 Å². The largest absolute Gasteiger partial charge is 0.444 e. The first-order valence-corrected chi connectivity index (χ1v) is 47.6. The van der Waals surface area contributed by atoms with E-state index in [0.717, 1.165) is 201 Å². The van der Waals surface area contributed by atoms with Crippen LogP contribution in [0.1, 0.15) is 202 Å². The molecule has 3 aliphatic heterocycles. The molecule has 0 spiro atoms. The fraction of sp³-hybridized carbons (Fsp3) is 0.389. The highest BCUT2D eigenvalue weighted by atomic mass is 35.5. The van der Waals surface area contributed by atoms with Gasteiger partial charge in [-0.05, 0) is 148 Å². The average Bonchev–Trinajstić information content (AvgIpc) is 0.732. The lowest BCUT2D eigenvalue weighted by Gasteiger charge is -2.46. The van der Waals surface area contributed by atoms with Gasteiger partial charge >= 0.3 is 6.09 Å². The van der Waals surface area contributed by atoms with Crippen LogP contribution in [0.5, 0.6) is 0 Å². The highest BCUT2D eigenvalue weighted by Gasteiger charge is 2.55. The number of pyridine rings is 1. The van der Waals surface area contributed by atoms with Crippen molar-refractivity contribution in [2.75, 3.05) is 39.3 Å². The maximum Gasteiger partial charge on any atom is 0.410 e. The summed E-state index contributed by atoms with van der Waals surface area (Å²) in [4.78, 5) is 139. The summed E-state index contributed by atoms with van der Waals surface area (Å²) in [5, 5.41) is 3.42. The van der Waals surface area contributed by atoms with Crippen LogP contribution in [0.25, 0.3) is 92.5 Å². The van der Waals surface area contributed by atoms with E-state index in [2.05, 4.69) is 143 Å². The molecule has 5 aromatic heterocycles. The highest BCUT2D eigenvalue weighted by molar-refractivity contribution is 6.03. The molecular formula is C113H115ClN16O7. The third-order valence-corrected chi connectivity index (χ3v) is 30.2. The summed E-state index contributed by atoms with van der Waals surface area (Å²) in [7, 11) is 0. The van der Waals surface area contributed by atoms with E-state index in [-0.39, 0.29) is 118 Å². The van der Waals surface area contributed by atoms with Crippen LogP contribution < -0.4 is 5.32 Å². The maximum atomic E-state index is 12.9. The molecule has 0 radical (unpaired) electrons. The number of nitrogens with zero attached hydrogens (tertiary/aromatic N) is 15. The summed E-state index contributed by atoms with van der Waals surface area (Å²) in [5.41, 5.74) is 20.2. The predicted octanol–water partition coefficient (Wildman–Crippen LogP) is 21.1. The van der Waals surface area contributed by atoms with Crippen LogP contribution in [0.15, 0.2) is 199 Å². The molecular weight excluding hydrogens is 1730 g/mol. The summed E-state index contributed by atoms with van der Waals surface area (Å²) in [6.07, 6.45) is 24.4. The topological polar surface area (TPSA) is 264 Å². The molecule has 1 N–H and O–H groups in total. The minimum Gasteiger partial charge on any atom is -0.444 e. The van der Waals surface area contributed by atoms with Crippen LogP contribution in [0, 0.1) is 87.5 Å². The molecule has 696 valence electrons. The van der Waals surface area contributed by atoms with Crippen LogP contribution in [0.3, 0.4) is 0 Å². The first-order valence-electron chi connectivity index (χ1n) is 47.6. The van der Waals surface area contributed by atoms with Gasteiger partial charge in [-0.2, -0.15) is 0 Å². The number of hydrogen-bond acceptors (Lipinski definition) is 17. The number of benzene rings is 4. The Kier molecular flexibility index (Phi) is 27.2. The number of nitrogens with one attached hydrogen (secondary N) is 1. The number of fused-ring (bicyclic) bond motifs is 12. The van der Waals surface area contributed by atoms with Crippen LogP contribution in [0.4, 0.5) is 4.79 Å². The molecule has 0 saturated heterocycles. The molecule has 8 aliphatic carbocycles. The van der Waals surface area contributed by atoms with Gasteiger partial charge in [-0.1, -0.05) is 219 Å². The van der Waals surface area contributed by atoms with Crippen molar-refractivity contribution >= 4 is 64.3 Å². The third-order valence-electron chi connectivity index (χ3n) is 30.2. The lowest BCUT2D eigenvalue weighted by atomic mass is 9.58. The summed E-state index contributed by atoms with van der Waals surface area (Å²) in [6, 6.07) is 42.9. The Morgan fingerprint density at radius 1 is 0.431 bits per heavy atom. The van der Waals surface area contributed by atoms with Gasteiger partial charge in [0.05, 0.1) is 78.4 Å². The summed E-state index contributed by atoms with van der Waals surface area (Å²) in [5.74, 6) is 1.97. The van der Waals surface area contributed by atoms with Crippen molar-refractivity contribution in [3.8, 4) is 56.4 Å². The summed E-state index contributed by atoms with van der Waals surface area (Å²) in [6.45, 7) is 61.8. The van der Waals surface area contributed by atoms with E-state index in [9.17, 15) is 28.8 Å². The Morgan fingerprint density at radius 2 is 0.759 bits per heavy atom. The molecule has 0 fully saturated rings. The van der Waals surface area contributed by atoms with Gasteiger partial charge in [0.15, 0.2) is 46.4 Å². The molecule has 23 nitrogen and oxygen atoms in total. The molecule has 20 rings (SSSR count). The molecule has 8 heterocycles. The van der Waals surface area contributed by atoms with Gasteiger partial charge in [0, 0.05) is 157 Å². The molecule has 24 heteroatoms. The van der Waals surface area contributed by atoms with Crippen LogP contribution in [0.2, 0.25) is 0 Å². The van der Waals surface area contributed by atoms with Crippen molar-refractivity contribution in [3.05, 3.63) is 318 Å². The van der Waals surface area contributed by atoms with E-state index in [0.29, 0.717) is 50.1 Å². The molecule has 4 aromatic carbocycles. The van der Waals surface area contributed by atoms with E-state index in [1.165, 1.54) is 5.56 Å². The number of carbonyl (C=O) groups is 6. The first-order chi connectivity index (χ1) is 65.2.